The van der Waals surface area contributed by atoms with Gasteiger partial charge >= 0.3 is 0 Å². The molecule has 9 aromatic rings. The van der Waals surface area contributed by atoms with Gasteiger partial charge in [0.25, 0.3) is 0 Å². The van der Waals surface area contributed by atoms with Gasteiger partial charge in [-0.1, -0.05) is 140 Å². The molecule has 2 heterocycles. The Bertz CT molecular complexity index is 2610. The summed E-state index contributed by atoms with van der Waals surface area (Å²) in [5.74, 6) is 0.959. The summed E-state index contributed by atoms with van der Waals surface area (Å²) in [6, 6.07) is 57.3. The molecule has 1 aliphatic heterocycles. The Kier molecular flexibility index (Phi) is 5.03. The molecule has 8 aromatic carbocycles. The molecule has 0 bridgehead atoms. The first-order valence-corrected chi connectivity index (χ1v) is 15.5. The van der Waals surface area contributed by atoms with Gasteiger partial charge in [0.05, 0.1) is 16.7 Å². The van der Waals surface area contributed by atoms with Crippen LogP contribution in [0.4, 0.5) is 0 Å². The zero-order valence-corrected chi connectivity index (χ0v) is 24.4. The lowest BCUT2D eigenvalue weighted by molar-refractivity contribution is 1.11. The van der Waals surface area contributed by atoms with E-state index in [1.807, 2.05) is 0 Å². The number of aromatic nitrogens is 2. The van der Waals surface area contributed by atoms with Crippen LogP contribution in [0.15, 0.2) is 158 Å². The van der Waals surface area contributed by atoms with E-state index in [2.05, 4.69) is 162 Å². The molecule has 0 unspecified atom stereocenters. The molecule has 0 fully saturated rings. The van der Waals surface area contributed by atoms with E-state index in [0.717, 1.165) is 28.1 Å². The van der Waals surface area contributed by atoms with Crippen molar-refractivity contribution in [3.63, 3.8) is 0 Å². The van der Waals surface area contributed by atoms with Gasteiger partial charge in [0, 0.05) is 16.7 Å². The second kappa shape index (κ2) is 9.25. The third-order valence-corrected chi connectivity index (χ3v) is 9.55. The molecule has 0 saturated carbocycles. The molecule has 208 valence electrons. The highest BCUT2D eigenvalue weighted by molar-refractivity contribution is 6.25. The molecule has 2 nitrogen and oxygen atoms in total. The lowest BCUT2D eigenvalue weighted by Gasteiger charge is -2.14. The van der Waals surface area contributed by atoms with Gasteiger partial charge in [-0.2, -0.15) is 0 Å². The van der Waals surface area contributed by atoms with E-state index in [4.69, 9.17) is 4.98 Å². The first-order chi connectivity index (χ1) is 22.3. The predicted molar refractivity (Wildman–Crippen MR) is 189 cm³/mol. The highest BCUT2D eigenvalue weighted by Gasteiger charge is 2.25. The molecule has 0 spiro atoms. The summed E-state index contributed by atoms with van der Waals surface area (Å²) >= 11 is 0. The van der Waals surface area contributed by atoms with Gasteiger partial charge in [0.1, 0.15) is 5.82 Å². The number of imidazole rings is 1. The van der Waals surface area contributed by atoms with E-state index in [1.165, 1.54) is 65.7 Å². The molecule has 45 heavy (non-hydrogen) atoms. The number of nitrogens with zero attached hydrogens (tertiary/aromatic N) is 2. The second-order valence-corrected chi connectivity index (χ2v) is 11.9. The van der Waals surface area contributed by atoms with E-state index in [1.54, 1.807) is 0 Å². The minimum atomic E-state index is 0.959. The number of fused-ring (bicyclic) bond motifs is 11. The van der Waals surface area contributed by atoms with E-state index >= 15 is 0 Å². The van der Waals surface area contributed by atoms with Crippen molar-refractivity contribution in [1.29, 1.82) is 0 Å². The lowest BCUT2D eigenvalue weighted by atomic mass is 9.92. The maximum absolute atomic E-state index is 5.24. The summed E-state index contributed by atoms with van der Waals surface area (Å²) in [4.78, 5) is 5.24. The van der Waals surface area contributed by atoms with Gasteiger partial charge in [0.2, 0.25) is 0 Å². The van der Waals surface area contributed by atoms with Crippen LogP contribution in [0.25, 0.3) is 93.8 Å². The normalized spacial score (nSPS) is 12.0. The second-order valence-electron chi connectivity index (χ2n) is 11.9. The lowest BCUT2D eigenvalue weighted by Crippen LogP contribution is -1.99. The summed E-state index contributed by atoms with van der Waals surface area (Å²) in [7, 11) is 0. The average Bonchev–Trinajstić information content (AvgIpc) is 3.46. The highest BCUT2D eigenvalue weighted by Crippen LogP contribution is 2.45. The van der Waals surface area contributed by atoms with Crippen LogP contribution in [0.3, 0.4) is 0 Å². The summed E-state index contributed by atoms with van der Waals surface area (Å²) in [5, 5.41) is 7.77. The third kappa shape index (κ3) is 3.48. The number of hydrogen-bond acceptors (Lipinski definition) is 1. The Morgan fingerprint density at radius 1 is 0.356 bits per heavy atom. The Balaban J connectivity index is 1.15. The molecule has 10 rings (SSSR count). The zero-order chi connectivity index (χ0) is 29.5. The topological polar surface area (TPSA) is 17.8 Å². The van der Waals surface area contributed by atoms with Crippen LogP contribution in [0.2, 0.25) is 0 Å². The van der Waals surface area contributed by atoms with Crippen LogP contribution in [-0.4, -0.2) is 9.55 Å². The van der Waals surface area contributed by atoms with E-state index in [0.29, 0.717) is 0 Å². The van der Waals surface area contributed by atoms with Gasteiger partial charge in [0.15, 0.2) is 0 Å². The zero-order valence-electron chi connectivity index (χ0n) is 24.4. The average molecular weight is 571 g/mol. The van der Waals surface area contributed by atoms with Gasteiger partial charge in [-0.05, 0) is 72.8 Å². The summed E-state index contributed by atoms with van der Waals surface area (Å²) in [5.41, 5.74) is 11.7. The van der Waals surface area contributed by atoms with Crippen molar-refractivity contribution >= 4 is 43.4 Å². The smallest absolute Gasteiger partial charge is 0.145 e. The van der Waals surface area contributed by atoms with Crippen LogP contribution in [0.1, 0.15) is 0 Å². The number of benzene rings is 8. The van der Waals surface area contributed by atoms with Crippen LogP contribution < -0.4 is 0 Å². The SMILES string of the molecule is c1ccc2c(c1)-c1ccccc1-n1c(-c3ccc(-c4ccc5c6ccccc6c6ccccc6c5c4)cc3)nc3cccc-2c31. The molecule has 0 radical (unpaired) electrons. The molecular weight excluding hydrogens is 544 g/mol. The summed E-state index contributed by atoms with van der Waals surface area (Å²) in [6.07, 6.45) is 0. The van der Waals surface area contributed by atoms with Crippen molar-refractivity contribution in [2.75, 3.05) is 0 Å². The van der Waals surface area contributed by atoms with Crippen molar-refractivity contribution in [2.24, 2.45) is 0 Å². The molecule has 0 saturated heterocycles. The van der Waals surface area contributed by atoms with Gasteiger partial charge < -0.3 is 0 Å². The van der Waals surface area contributed by atoms with Crippen LogP contribution in [-0.2, 0) is 0 Å². The van der Waals surface area contributed by atoms with E-state index in [-0.39, 0.29) is 0 Å². The van der Waals surface area contributed by atoms with Gasteiger partial charge in [-0.25, -0.2) is 4.98 Å². The fourth-order valence-electron chi connectivity index (χ4n) is 7.52. The first-order valence-electron chi connectivity index (χ1n) is 15.5. The largest absolute Gasteiger partial charge is 0.291 e. The minimum absolute atomic E-state index is 0.959. The molecular formula is C43H26N2. The molecule has 0 aliphatic carbocycles. The molecule has 1 aliphatic rings. The monoisotopic (exact) mass is 570 g/mol. The fourth-order valence-corrected chi connectivity index (χ4v) is 7.52. The van der Waals surface area contributed by atoms with Gasteiger partial charge in [-0.3, -0.25) is 4.57 Å². The maximum atomic E-state index is 5.24. The number of hydrogen-bond donors (Lipinski definition) is 0. The van der Waals surface area contributed by atoms with Crippen molar-refractivity contribution in [3.05, 3.63) is 158 Å². The van der Waals surface area contributed by atoms with Crippen molar-refractivity contribution < 1.29 is 0 Å². The molecule has 1 aromatic heterocycles. The Morgan fingerprint density at radius 2 is 0.867 bits per heavy atom. The summed E-state index contributed by atoms with van der Waals surface area (Å²) < 4.78 is 2.36. The molecule has 0 N–H and O–H groups in total. The number of para-hydroxylation sites is 2. The highest BCUT2D eigenvalue weighted by atomic mass is 15.1. The van der Waals surface area contributed by atoms with Crippen molar-refractivity contribution in [3.8, 4) is 50.5 Å². The molecule has 0 amide bonds. The van der Waals surface area contributed by atoms with Crippen molar-refractivity contribution in [2.45, 2.75) is 0 Å². The first kappa shape index (κ1) is 24.5. The van der Waals surface area contributed by atoms with Crippen molar-refractivity contribution in [1.82, 2.24) is 9.55 Å². The third-order valence-electron chi connectivity index (χ3n) is 9.55. The predicted octanol–water partition coefficient (Wildman–Crippen LogP) is 11.5. The number of rotatable bonds is 2. The minimum Gasteiger partial charge on any atom is -0.291 e. The van der Waals surface area contributed by atoms with E-state index in [9.17, 15) is 0 Å². The van der Waals surface area contributed by atoms with Crippen LogP contribution in [0.5, 0.6) is 0 Å². The Labute approximate surface area is 260 Å². The maximum Gasteiger partial charge on any atom is 0.145 e. The molecule has 0 atom stereocenters. The Hall–Kier alpha value is -5.99. The standard InChI is InChI=1S/C43H26N2/c1-2-12-32-30(10-1)31-11-3-6-15-35(31)39-26-29(24-25-36(32)39)27-20-22-28(23-21-27)43-44-40-18-9-17-38-34-14-5-4-13-33(34)37-16-7-8-19-41(37)45(43)42(38)40/h1-26H. The van der Waals surface area contributed by atoms with Crippen LogP contribution in [0, 0.1) is 0 Å². The quantitative estimate of drug-likeness (QED) is 0.189. The fraction of sp³-hybridized carbons (Fsp3) is 0. The van der Waals surface area contributed by atoms with Crippen LogP contribution >= 0.6 is 0 Å². The van der Waals surface area contributed by atoms with Gasteiger partial charge in [-0.15, -0.1) is 0 Å². The van der Waals surface area contributed by atoms with E-state index < -0.39 is 0 Å². The summed E-state index contributed by atoms with van der Waals surface area (Å²) in [6.45, 7) is 0. The Morgan fingerprint density at radius 3 is 1.58 bits per heavy atom. The molecule has 2 heteroatoms.